The predicted octanol–water partition coefficient (Wildman–Crippen LogP) is 4.04. The van der Waals surface area contributed by atoms with E-state index in [1.165, 1.54) is 12.1 Å². The lowest BCUT2D eigenvalue weighted by atomic mass is 10.0. The zero-order chi connectivity index (χ0) is 23.1. The first-order chi connectivity index (χ1) is 13.7. The van der Waals surface area contributed by atoms with E-state index >= 15 is 0 Å². The minimum absolute atomic E-state index is 0.0190. The number of nitrogens with one attached hydrogen (secondary N) is 2. The Morgan fingerprint density at radius 2 is 1.67 bits per heavy atom. The summed E-state index contributed by atoms with van der Waals surface area (Å²) in [5, 5.41) is 5.45. The monoisotopic (exact) mass is 428 g/mol. The standard InChI is InChI=1S/C22H31F3N2O3/c1-14(9-12-19(29)27-21(3,4)5)20(30)26-15(2)18(28)11-10-16-7-6-8-17(13-16)22(23,24)25/h6-8,13-15H,9-12H2,1-5H3,(H,26,30)(H,27,29)/t14-,15-/m0/s1. The van der Waals surface area contributed by atoms with Crippen LogP contribution in [-0.2, 0) is 27.0 Å². The summed E-state index contributed by atoms with van der Waals surface area (Å²) in [5.41, 5.74) is -0.684. The van der Waals surface area contributed by atoms with Gasteiger partial charge < -0.3 is 10.6 Å². The second-order valence-electron chi connectivity index (χ2n) is 8.63. The van der Waals surface area contributed by atoms with Crippen LogP contribution >= 0.6 is 0 Å². The molecule has 1 rings (SSSR count). The van der Waals surface area contributed by atoms with Gasteiger partial charge in [-0.05, 0) is 52.2 Å². The van der Waals surface area contributed by atoms with Gasteiger partial charge in [-0.25, -0.2) is 0 Å². The SMILES string of the molecule is C[C@H](NC(=O)[C@@H](C)CCC(=O)NC(C)(C)C)C(=O)CCc1cccc(C(F)(F)F)c1. The third kappa shape index (κ3) is 9.41. The fourth-order valence-corrected chi connectivity index (χ4v) is 2.78. The summed E-state index contributed by atoms with van der Waals surface area (Å²) in [6.07, 6.45) is -3.71. The van der Waals surface area contributed by atoms with Gasteiger partial charge in [-0.15, -0.1) is 0 Å². The van der Waals surface area contributed by atoms with Gasteiger partial charge in [0.2, 0.25) is 11.8 Å². The maximum atomic E-state index is 12.8. The van der Waals surface area contributed by atoms with Crippen LogP contribution in [0, 0.1) is 5.92 Å². The van der Waals surface area contributed by atoms with Crippen molar-refractivity contribution in [3.8, 4) is 0 Å². The third-order valence-corrected chi connectivity index (χ3v) is 4.52. The Labute approximate surface area is 175 Å². The first-order valence-electron chi connectivity index (χ1n) is 9.99. The molecule has 0 saturated carbocycles. The van der Waals surface area contributed by atoms with Gasteiger partial charge in [-0.1, -0.05) is 25.1 Å². The van der Waals surface area contributed by atoms with Crippen LogP contribution < -0.4 is 10.6 Å². The number of aryl methyl sites for hydroxylation is 1. The Morgan fingerprint density at radius 3 is 2.23 bits per heavy atom. The molecule has 2 atom stereocenters. The maximum absolute atomic E-state index is 12.8. The fraction of sp³-hybridized carbons (Fsp3) is 0.591. The van der Waals surface area contributed by atoms with Crippen LogP contribution in [-0.4, -0.2) is 29.2 Å². The van der Waals surface area contributed by atoms with Gasteiger partial charge in [0.15, 0.2) is 5.78 Å². The molecule has 8 heteroatoms. The van der Waals surface area contributed by atoms with Gasteiger partial charge in [0.1, 0.15) is 0 Å². The van der Waals surface area contributed by atoms with Crippen molar-refractivity contribution < 1.29 is 27.6 Å². The highest BCUT2D eigenvalue weighted by molar-refractivity contribution is 5.89. The molecule has 2 N–H and O–H groups in total. The van der Waals surface area contributed by atoms with E-state index in [1.807, 2.05) is 20.8 Å². The van der Waals surface area contributed by atoms with Crippen LogP contribution in [0.25, 0.3) is 0 Å². The number of hydrogen-bond donors (Lipinski definition) is 2. The van der Waals surface area contributed by atoms with Gasteiger partial charge in [0.05, 0.1) is 11.6 Å². The van der Waals surface area contributed by atoms with E-state index in [2.05, 4.69) is 10.6 Å². The summed E-state index contributed by atoms with van der Waals surface area (Å²) >= 11 is 0. The van der Waals surface area contributed by atoms with Crippen LogP contribution in [0.5, 0.6) is 0 Å². The molecule has 0 aliphatic carbocycles. The third-order valence-electron chi connectivity index (χ3n) is 4.52. The normalized spacial score (nSPS) is 14.0. The van der Waals surface area contributed by atoms with Crippen LogP contribution in [0.15, 0.2) is 24.3 Å². The summed E-state index contributed by atoms with van der Waals surface area (Å²) < 4.78 is 38.3. The first kappa shape index (κ1) is 25.7. The van der Waals surface area contributed by atoms with Crippen molar-refractivity contribution in [2.45, 2.75) is 78.1 Å². The molecule has 30 heavy (non-hydrogen) atoms. The zero-order valence-electron chi connectivity index (χ0n) is 18.2. The second kappa shape index (κ2) is 10.6. The van der Waals surface area contributed by atoms with Gasteiger partial charge in [-0.2, -0.15) is 13.2 Å². The van der Waals surface area contributed by atoms with Crippen molar-refractivity contribution in [3.05, 3.63) is 35.4 Å². The number of amides is 2. The van der Waals surface area contributed by atoms with Crippen LogP contribution in [0.1, 0.15) is 65.0 Å². The average Bonchev–Trinajstić information content (AvgIpc) is 2.62. The Balaban J connectivity index is 2.48. The lowest BCUT2D eigenvalue weighted by molar-refractivity contribution is -0.137. The van der Waals surface area contributed by atoms with Crippen molar-refractivity contribution in [1.82, 2.24) is 10.6 Å². The number of Topliss-reactive ketones (excluding diaryl/α,β-unsaturated/α-hetero) is 1. The molecule has 0 bridgehead atoms. The number of carbonyl (C=O) groups excluding carboxylic acids is 3. The summed E-state index contributed by atoms with van der Waals surface area (Å²) in [6.45, 7) is 8.83. The molecule has 5 nitrogen and oxygen atoms in total. The topological polar surface area (TPSA) is 75.3 Å². The van der Waals surface area contributed by atoms with Crippen molar-refractivity contribution in [2.75, 3.05) is 0 Å². The molecular formula is C22H31F3N2O3. The molecule has 2 amide bonds. The molecule has 1 aromatic carbocycles. The largest absolute Gasteiger partial charge is 0.416 e. The van der Waals surface area contributed by atoms with E-state index in [0.29, 0.717) is 12.0 Å². The van der Waals surface area contributed by atoms with Crippen LogP contribution in [0.2, 0.25) is 0 Å². The molecule has 0 unspecified atom stereocenters. The number of rotatable bonds is 9. The van der Waals surface area contributed by atoms with Crippen LogP contribution in [0.3, 0.4) is 0 Å². The number of alkyl halides is 3. The maximum Gasteiger partial charge on any atom is 0.416 e. The van der Waals surface area contributed by atoms with Crippen molar-refractivity contribution in [2.24, 2.45) is 5.92 Å². The number of halogens is 3. The molecule has 0 aromatic heterocycles. The summed E-state index contributed by atoms with van der Waals surface area (Å²) in [7, 11) is 0. The quantitative estimate of drug-likeness (QED) is 0.623. The molecule has 0 saturated heterocycles. The Kier molecular flexibility index (Phi) is 9.06. The van der Waals surface area contributed by atoms with E-state index < -0.39 is 23.7 Å². The summed E-state index contributed by atoms with van der Waals surface area (Å²) in [5.74, 6) is -1.20. The van der Waals surface area contributed by atoms with E-state index in [4.69, 9.17) is 0 Å². The molecule has 0 radical (unpaired) electrons. The molecule has 0 fully saturated rings. The Morgan fingerprint density at radius 1 is 1.03 bits per heavy atom. The van der Waals surface area contributed by atoms with Crippen molar-refractivity contribution in [3.63, 3.8) is 0 Å². The van der Waals surface area contributed by atoms with Crippen molar-refractivity contribution >= 4 is 17.6 Å². The number of benzene rings is 1. The molecule has 0 heterocycles. The van der Waals surface area contributed by atoms with Gasteiger partial charge in [0.25, 0.3) is 0 Å². The molecule has 0 aliphatic rings. The lowest BCUT2D eigenvalue weighted by Gasteiger charge is -2.21. The van der Waals surface area contributed by atoms with E-state index in [-0.39, 0.29) is 42.4 Å². The van der Waals surface area contributed by atoms with Gasteiger partial charge in [-0.3, -0.25) is 14.4 Å². The smallest absolute Gasteiger partial charge is 0.352 e. The second-order valence-corrected chi connectivity index (χ2v) is 8.63. The van der Waals surface area contributed by atoms with E-state index in [9.17, 15) is 27.6 Å². The minimum Gasteiger partial charge on any atom is -0.352 e. The molecular weight excluding hydrogens is 397 g/mol. The highest BCUT2D eigenvalue weighted by atomic mass is 19.4. The highest BCUT2D eigenvalue weighted by Gasteiger charge is 2.30. The van der Waals surface area contributed by atoms with Gasteiger partial charge in [0, 0.05) is 24.3 Å². The molecule has 0 aliphatic heterocycles. The summed E-state index contributed by atoms with van der Waals surface area (Å²) in [6, 6.07) is 4.11. The van der Waals surface area contributed by atoms with Crippen LogP contribution in [0.4, 0.5) is 13.2 Å². The van der Waals surface area contributed by atoms with Crippen molar-refractivity contribution in [1.29, 1.82) is 0 Å². The highest BCUT2D eigenvalue weighted by Crippen LogP contribution is 2.29. The summed E-state index contributed by atoms with van der Waals surface area (Å²) in [4.78, 5) is 36.4. The van der Waals surface area contributed by atoms with E-state index in [0.717, 1.165) is 12.1 Å². The molecule has 168 valence electrons. The Bertz CT molecular complexity index is 755. The first-order valence-corrected chi connectivity index (χ1v) is 9.99. The van der Waals surface area contributed by atoms with Gasteiger partial charge >= 0.3 is 6.18 Å². The molecule has 0 spiro atoms. The number of carbonyl (C=O) groups is 3. The minimum atomic E-state index is -4.43. The fourth-order valence-electron chi connectivity index (χ4n) is 2.78. The zero-order valence-corrected chi connectivity index (χ0v) is 18.2. The van der Waals surface area contributed by atoms with E-state index in [1.54, 1.807) is 13.8 Å². The molecule has 1 aromatic rings. The Hall–Kier alpha value is -2.38. The predicted molar refractivity (Wildman–Crippen MR) is 109 cm³/mol. The number of hydrogen-bond acceptors (Lipinski definition) is 3. The average molecular weight is 428 g/mol. The number of ketones is 1. The lowest BCUT2D eigenvalue weighted by Crippen LogP contribution is -2.42.